The molecule has 0 unspecified atom stereocenters. The summed E-state index contributed by atoms with van der Waals surface area (Å²) in [6, 6.07) is 0. The molecule has 0 aromatic heterocycles. The predicted molar refractivity (Wildman–Crippen MR) is 70.5 cm³/mol. The van der Waals surface area contributed by atoms with Crippen molar-refractivity contribution in [2.24, 2.45) is 0 Å². The van der Waals surface area contributed by atoms with Gasteiger partial charge in [0, 0.05) is 0 Å². The summed E-state index contributed by atoms with van der Waals surface area (Å²) in [6.07, 6.45) is 10.6. The third kappa shape index (κ3) is 3.63. The van der Waals surface area contributed by atoms with Gasteiger partial charge in [-0.05, 0) is 65.2 Å². The molecule has 0 aromatic carbocycles. The van der Waals surface area contributed by atoms with Crippen molar-refractivity contribution in [3.05, 3.63) is 0 Å². The molecule has 0 spiro atoms. The third-order valence-electron chi connectivity index (χ3n) is 4.48. The second kappa shape index (κ2) is 5.50. The Morgan fingerprint density at radius 3 is 1.39 bits per heavy atom. The molecule has 0 radical (unpaired) electrons. The predicted octanol–water partition coefficient (Wildman–Crippen LogP) is 4.59. The lowest BCUT2D eigenvalue weighted by molar-refractivity contribution is -0.0901. The van der Waals surface area contributed by atoms with E-state index in [9.17, 15) is 4.79 Å². The molecule has 0 atom stereocenters. The van der Waals surface area contributed by atoms with E-state index in [2.05, 4.69) is 0 Å². The van der Waals surface area contributed by atoms with Gasteiger partial charge in [-0.1, -0.05) is 12.8 Å². The average molecular weight is 254 g/mol. The van der Waals surface area contributed by atoms with Gasteiger partial charge in [-0.25, -0.2) is 4.79 Å². The van der Waals surface area contributed by atoms with Crippen LogP contribution in [-0.4, -0.2) is 17.4 Å². The van der Waals surface area contributed by atoms with Crippen LogP contribution in [-0.2, 0) is 9.47 Å². The van der Waals surface area contributed by atoms with Gasteiger partial charge in [0.05, 0.1) is 0 Å². The Labute approximate surface area is 110 Å². The van der Waals surface area contributed by atoms with Crippen molar-refractivity contribution in [1.29, 1.82) is 0 Å². The van der Waals surface area contributed by atoms with E-state index in [1.807, 2.05) is 13.8 Å². The smallest absolute Gasteiger partial charge is 0.428 e. The van der Waals surface area contributed by atoms with Gasteiger partial charge < -0.3 is 9.47 Å². The molecular formula is C15H26O3. The standard InChI is InChI=1S/C15H26O3/c1-14(9-5-3-6-10-14)17-13(16)18-15(2)11-7-4-8-12-15/h3-12H2,1-2H3. The zero-order valence-corrected chi connectivity index (χ0v) is 11.8. The minimum absolute atomic E-state index is 0.291. The van der Waals surface area contributed by atoms with E-state index in [1.54, 1.807) is 0 Å². The lowest BCUT2D eigenvalue weighted by atomic mass is 9.86. The van der Waals surface area contributed by atoms with E-state index in [-0.39, 0.29) is 11.2 Å². The van der Waals surface area contributed by atoms with Crippen molar-refractivity contribution in [2.75, 3.05) is 0 Å². The number of ether oxygens (including phenoxy) is 2. The molecule has 0 bridgehead atoms. The molecule has 2 aliphatic carbocycles. The molecular weight excluding hydrogens is 228 g/mol. The van der Waals surface area contributed by atoms with Gasteiger partial charge in [0.1, 0.15) is 11.2 Å². The number of hydrogen-bond acceptors (Lipinski definition) is 3. The molecule has 0 N–H and O–H groups in total. The van der Waals surface area contributed by atoms with Crippen LogP contribution in [0.2, 0.25) is 0 Å². The van der Waals surface area contributed by atoms with Crippen LogP contribution < -0.4 is 0 Å². The summed E-state index contributed by atoms with van der Waals surface area (Å²) in [7, 11) is 0. The van der Waals surface area contributed by atoms with Crippen molar-refractivity contribution < 1.29 is 14.3 Å². The largest absolute Gasteiger partial charge is 0.509 e. The highest BCUT2D eigenvalue weighted by Crippen LogP contribution is 2.34. The van der Waals surface area contributed by atoms with Crippen LogP contribution in [0.4, 0.5) is 4.79 Å². The van der Waals surface area contributed by atoms with Crippen molar-refractivity contribution >= 4 is 6.16 Å². The quantitative estimate of drug-likeness (QED) is 0.676. The SMILES string of the molecule is CC1(OC(=O)OC2(C)CCCCC2)CCCCC1. The Hall–Kier alpha value is -0.730. The Balaban J connectivity index is 1.83. The first-order valence-electron chi connectivity index (χ1n) is 7.43. The number of carbonyl (C=O) groups is 1. The summed E-state index contributed by atoms with van der Waals surface area (Å²) in [5.74, 6) is 0. The Morgan fingerprint density at radius 2 is 1.06 bits per heavy atom. The molecule has 0 saturated heterocycles. The van der Waals surface area contributed by atoms with Gasteiger partial charge in [-0.2, -0.15) is 0 Å². The number of hydrogen-bond donors (Lipinski definition) is 0. The van der Waals surface area contributed by atoms with Crippen molar-refractivity contribution in [1.82, 2.24) is 0 Å². The summed E-state index contributed by atoms with van der Waals surface area (Å²) >= 11 is 0. The van der Waals surface area contributed by atoms with Gasteiger partial charge in [0.2, 0.25) is 0 Å². The highest BCUT2D eigenvalue weighted by molar-refractivity contribution is 5.61. The molecule has 3 nitrogen and oxygen atoms in total. The van der Waals surface area contributed by atoms with Crippen LogP contribution in [0.25, 0.3) is 0 Å². The minimum atomic E-state index is -0.455. The first-order valence-corrected chi connectivity index (χ1v) is 7.43. The molecule has 3 heteroatoms. The summed E-state index contributed by atoms with van der Waals surface area (Å²) < 4.78 is 11.2. The van der Waals surface area contributed by atoms with Crippen LogP contribution in [0.3, 0.4) is 0 Å². The molecule has 104 valence electrons. The average Bonchev–Trinajstić information content (AvgIpc) is 2.29. The lowest BCUT2D eigenvalue weighted by Crippen LogP contribution is -2.39. The highest BCUT2D eigenvalue weighted by Gasteiger charge is 2.36. The maximum atomic E-state index is 11.9. The minimum Gasteiger partial charge on any atom is -0.428 e. The van der Waals surface area contributed by atoms with Gasteiger partial charge in [-0.15, -0.1) is 0 Å². The monoisotopic (exact) mass is 254 g/mol. The fourth-order valence-electron chi connectivity index (χ4n) is 3.23. The van der Waals surface area contributed by atoms with Gasteiger partial charge in [0.15, 0.2) is 0 Å². The van der Waals surface area contributed by atoms with E-state index in [4.69, 9.17) is 9.47 Å². The van der Waals surface area contributed by atoms with Crippen molar-refractivity contribution in [2.45, 2.75) is 89.3 Å². The van der Waals surface area contributed by atoms with Gasteiger partial charge >= 0.3 is 6.16 Å². The molecule has 18 heavy (non-hydrogen) atoms. The molecule has 0 heterocycles. The highest BCUT2D eigenvalue weighted by atomic mass is 16.7. The lowest BCUT2D eigenvalue weighted by Gasteiger charge is -2.36. The van der Waals surface area contributed by atoms with E-state index in [1.165, 1.54) is 12.8 Å². The van der Waals surface area contributed by atoms with E-state index < -0.39 is 6.16 Å². The summed E-state index contributed by atoms with van der Waals surface area (Å²) in [4.78, 5) is 11.9. The van der Waals surface area contributed by atoms with E-state index in [0.717, 1.165) is 51.4 Å². The van der Waals surface area contributed by atoms with E-state index in [0.29, 0.717) is 0 Å². The van der Waals surface area contributed by atoms with Gasteiger partial charge in [0.25, 0.3) is 0 Å². The maximum Gasteiger partial charge on any atom is 0.509 e. The van der Waals surface area contributed by atoms with Crippen LogP contribution >= 0.6 is 0 Å². The third-order valence-corrected chi connectivity index (χ3v) is 4.48. The molecule has 0 amide bonds. The second-order valence-electron chi connectivity index (χ2n) is 6.48. The number of rotatable bonds is 2. The summed E-state index contributed by atoms with van der Waals surface area (Å²) in [5.41, 5.74) is -0.583. The molecule has 2 rings (SSSR count). The molecule has 0 aromatic rings. The first-order chi connectivity index (χ1) is 8.52. The van der Waals surface area contributed by atoms with E-state index >= 15 is 0 Å². The molecule has 2 fully saturated rings. The second-order valence-corrected chi connectivity index (χ2v) is 6.48. The van der Waals surface area contributed by atoms with Crippen molar-refractivity contribution in [3.8, 4) is 0 Å². The molecule has 2 aliphatic rings. The molecule has 2 saturated carbocycles. The zero-order chi connectivity index (χ0) is 13.1. The Kier molecular flexibility index (Phi) is 4.18. The summed E-state index contributed by atoms with van der Waals surface area (Å²) in [6.45, 7) is 4.08. The van der Waals surface area contributed by atoms with Crippen LogP contribution in [0.1, 0.15) is 78.1 Å². The molecule has 0 aliphatic heterocycles. The maximum absolute atomic E-state index is 11.9. The normalized spacial score (nSPS) is 26.3. The fraction of sp³-hybridized carbons (Fsp3) is 0.933. The van der Waals surface area contributed by atoms with Crippen LogP contribution in [0, 0.1) is 0 Å². The topological polar surface area (TPSA) is 35.5 Å². The number of carbonyl (C=O) groups excluding carboxylic acids is 1. The van der Waals surface area contributed by atoms with Crippen LogP contribution in [0.15, 0.2) is 0 Å². The Bertz CT molecular complexity index is 258. The first kappa shape index (κ1) is 13.7. The fourth-order valence-corrected chi connectivity index (χ4v) is 3.23. The summed E-state index contributed by atoms with van der Waals surface area (Å²) in [5, 5.41) is 0. The van der Waals surface area contributed by atoms with Crippen molar-refractivity contribution in [3.63, 3.8) is 0 Å². The van der Waals surface area contributed by atoms with Crippen LogP contribution in [0.5, 0.6) is 0 Å². The zero-order valence-electron chi connectivity index (χ0n) is 11.8. The van der Waals surface area contributed by atoms with Gasteiger partial charge in [-0.3, -0.25) is 0 Å². The Morgan fingerprint density at radius 1 is 0.722 bits per heavy atom.